The average Bonchev–Trinajstić information content (AvgIpc) is 3.03. The minimum Gasteiger partial charge on any atom is -0.355 e. The highest BCUT2D eigenvalue weighted by molar-refractivity contribution is 5.56. The standard InChI is InChI=1S/C22H31N5O/c1-2-18-14-21(28)25-22(24-18)17-9-10-20(23-15-17)27-13-7-8-19(16-27)26-11-5-3-4-6-12-26/h9-10,14-15,19H,2-8,11-13,16H2,1H3,(H,24,25,28). The van der Waals surface area contributed by atoms with E-state index in [1.165, 1.54) is 51.6 Å². The van der Waals surface area contributed by atoms with Gasteiger partial charge in [-0.25, -0.2) is 9.97 Å². The second-order valence-corrected chi connectivity index (χ2v) is 8.04. The van der Waals surface area contributed by atoms with Crippen molar-refractivity contribution in [3.05, 3.63) is 40.4 Å². The average molecular weight is 382 g/mol. The Morgan fingerprint density at radius 2 is 1.93 bits per heavy atom. The topological polar surface area (TPSA) is 65.1 Å². The van der Waals surface area contributed by atoms with E-state index in [9.17, 15) is 4.79 Å². The Balaban J connectivity index is 1.47. The van der Waals surface area contributed by atoms with Crippen LogP contribution in [0, 0.1) is 0 Å². The van der Waals surface area contributed by atoms with Crippen molar-refractivity contribution in [2.45, 2.75) is 57.9 Å². The van der Waals surface area contributed by atoms with Gasteiger partial charge in [-0.05, 0) is 57.3 Å². The molecule has 2 saturated heterocycles. The van der Waals surface area contributed by atoms with E-state index in [-0.39, 0.29) is 5.56 Å². The number of anilines is 1. The van der Waals surface area contributed by atoms with E-state index in [1.807, 2.05) is 19.2 Å². The molecular formula is C22H31N5O. The monoisotopic (exact) mass is 381 g/mol. The fraction of sp³-hybridized carbons (Fsp3) is 0.591. The fourth-order valence-corrected chi connectivity index (χ4v) is 4.46. The van der Waals surface area contributed by atoms with Gasteiger partial charge in [0.15, 0.2) is 0 Å². The predicted octanol–water partition coefficient (Wildman–Crippen LogP) is 3.24. The van der Waals surface area contributed by atoms with E-state index in [4.69, 9.17) is 4.98 Å². The van der Waals surface area contributed by atoms with Gasteiger partial charge in [0.2, 0.25) is 0 Å². The summed E-state index contributed by atoms with van der Waals surface area (Å²) in [6.07, 6.45) is 10.5. The number of nitrogens with zero attached hydrogens (tertiary/aromatic N) is 4. The summed E-state index contributed by atoms with van der Waals surface area (Å²) in [5.74, 6) is 1.63. The molecule has 2 fully saturated rings. The van der Waals surface area contributed by atoms with E-state index < -0.39 is 0 Å². The van der Waals surface area contributed by atoms with Gasteiger partial charge < -0.3 is 9.88 Å². The van der Waals surface area contributed by atoms with E-state index in [2.05, 4.69) is 25.8 Å². The number of H-pyrrole nitrogens is 1. The number of nitrogens with one attached hydrogen (secondary N) is 1. The summed E-state index contributed by atoms with van der Waals surface area (Å²) in [4.78, 5) is 29.0. The summed E-state index contributed by atoms with van der Waals surface area (Å²) in [6.45, 7) is 6.63. The van der Waals surface area contributed by atoms with E-state index >= 15 is 0 Å². The summed E-state index contributed by atoms with van der Waals surface area (Å²) in [5, 5.41) is 0. The first-order chi connectivity index (χ1) is 13.7. The normalized spacial score (nSPS) is 21.5. The molecule has 0 saturated carbocycles. The van der Waals surface area contributed by atoms with Gasteiger partial charge in [-0.2, -0.15) is 0 Å². The molecule has 6 nitrogen and oxygen atoms in total. The Morgan fingerprint density at radius 1 is 1.11 bits per heavy atom. The van der Waals surface area contributed by atoms with Gasteiger partial charge in [0.1, 0.15) is 11.6 Å². The number of hydrogen-bond acceptors (Lipinski definition) is 5. The summed E-state index contributed by atoms with van der Waals surface area (Å²) in [5.41, 5.74) is 1.55. The maximum atomic E-state index is 11.8. The molecule has 6 heteroatoms. The molecule has 0 amide bonds. The Kier molecular flexibility index (Phi) is 6.05. The number of rotatable bonds is 4. The first kappa shape index (κ1) is 19.1. The van der Waals surface area contributed by atoms with Crippen molar-refractivity contribution in [1.82, 2.24) is 19.9 Å². The Morgan fingerprint density at radius 3 is 2.64 bits per heavy atom. The third-order valence-corrected chi connectivity index (χ3v) is 6.06. The van der Waals surface area contributed by atoms with Gasteiger partial charge in [-0.3, -0.25) is 9.69 Å². The molecule has 0 aliphatic carbocycles. The first-order valence-corrected chi connectivity index (χ1v) is 10.8. The molecule has 4 heterocycles. The van der Waals surface area contributed by atoms with Crippen molar-refractivity contribution in [2.24, 2.45) is 0 Å². The number of hydrogen-bond donors (Lipinski definition) is 1. The number of pyridine rings is 1. The molecule has 2 aliphatic rings. The third-order valence-electron chi connectivity index (χ3n) is 6.06. The molecule has 0 bridgehead atoms. The third kappa shape index (κ3) is 4.43. The SMILES string of the molecule is CCc1cc(=O)[nH]c(-c2ccc(N3CCCC(N4CCCCCC4)C3)nc2)n1. The maximum Gasteiger partial charge on any atom is 0.251 e. The van der Waals surface area contributed by atoms with Gasteiger partial charge in [-0.15, -0.1) is 0 Å². The molecule has 0 radical (unpaired) electrons. The van der Waals surface area contributed by atoms with Crippen LogP contribution in [0.5, 0.6) is 0 Å². The highest BCUT2D eigenvalue weighted by Gasteiger charge is 2.26. The minimum atomic E-state index is -0.109. The molecule has 1 atom stereocenters. The highest BCUT2D eigenvalue weighted by Crippen LogP contribution is 2.24. The molecule has 2 aromatic heterocycles. The molecular weight excluding hydrogens is 350 g/mol. The van der Waals surface area contributed by atoms with Crippen LogP contribution in [0.1, 0.15) is 51.1 Å². The fourth-order valence-electron chi connectivity index (χ4n) is 4.46. The van der Waals surface area contributed by atoms with Crippen molar-refractivity contribution in [3.63, 3.8) is 0 Å². The van der Waals surface area contributed by atoms with Crippen molar-refractivity contribution >= 4 is 5.82 Å². The van der Waals surface area contributed by atoms with Gasteiger partial charge in [0, 0.05) is 42.7 Å². The second kappa shape index (κ2) is 8.86. The zero-order valence-electron chi connectivity index (χ0n) is 16.9. The predicted molar refractivity (Wildman–Crippen MR) is 113 cm³/mol. The van der Waals surface area contributed by atoms with Crippen molar-refractivity contribution in [1.29, 1.82) is 0 Å². The van der Waals surface area contributed by atoms with Crippen LogP contribution >= 0.6 is 0 Å². The van der Waals surface area contributed by atoms with Crippen LogP contribution in [0.3, 0.4) is 0 Å². The van der Waals surface area contributed by atoms with Gasteiger partial charge in [-0.1, -0.05) is 19.8 Å². The molecule has 2 aromatic rings. The quantitative estimate of drug-likeness (QED) is 0.881. The maximum absolute atomic E-state index is 11.8. The number of likely N-dealkylation sites (tertiary alicyclic amines) is 1. The van der Waals surface area contributed by atoms with E-state index in [0.29, 0.717) is 11.9 Å². The Labute approximate surface area is 167 Å². The van der Waals surface area contributed by atoms with Gasteiger partial charge in [0.25, 0.3) is 5.56 Å². The molecule has 150 valence electrons. The van der Waals surface area contributed by atoms with E-state index in [0.717, 1.165) is 36.6 Å². The summed E-state index contributed by atoms with van der Waals surface area (Å²) < 4.78 is 0. The summed E-state index contributed by atoms with van der Waals surface area (Å²) in [7, 11) is 0. The number of aryl methyl sites for hydroxylation is 1. The van der Waals surface area contributed by atoms with Crippen LogP contribution in [0.2, 0.25) is 0 Å². The lowest BCUT2D eigenvalue weighted by molar-refractivity contribution is 0.182. The van der Waals surface area contributed by atoms with Crippen LogP contribution in [0.25, 0.3) is 11.4 Å². The molecule has 2 aliphatic heterocycles. The van der Waals surface area contributed by atoms with Crippen molar-refractivity contribution in [3.8, 4) is 11.4 Å². The molecule has 4 rings (SSSR count). The molecule has 0 spiro atoms. The molecule has 1 N–H and O–H groups in total. The van der Waals surface area contributed by atoms with E-state index in [1.54, 1.807) is 6.07 Å². The summed E-state index contributed by atoms with van der Waals surface area (Å²) in [6, 6.07) is 6.30. The number of aromatic nitrogens is 3. The Bertz CT molecular complexity index is 824. The lowest BCUT2D eigenvalue weighted by atomic mass is 10.0. The zero-order chi connectivity index (χ0) is 19.3. The van der Waals surface area contributed by atoms with Crippen LogP contribution in [0.4, 0.5) is 5.82 Å². The molecule has 0 aromatic carbocycles. The van der Waals surface area contributed by atoms with Gasteiger partial charge >= 0.3 is 0 Å². The Hall–Kier alpha value is -2.21. The first-order valence-electron chi connectivity index (χ1n) is 10.8. The van der Waals surface area contributed by atoms with Gasteiger partial charge in [0.05, 0.1) is 0 Å². The smallest absolute Gasteiger partial charge is 0.251 e. The lowest BCUT2D eigenvalue weighted by Gasteiger charge is -2.39. The van der Waals surface area contributed by atoms with Crippen LogP contribution in [0.15, 0.2) is 29.2 Å². The van der Waals surface area contributed by atoms with Crippen LogP contribution in [-0.4, -0.2) is 52.1 Å². The van der Waals surface area contributed by atoms with Crippen LogP contribution in [-0.2, 0) is 6.42 Å². The summed E-state index contributed by atoms with van der Waals surface area (Å²) >= 11 is 0. The number of aromatic amines is 1. The number of piperidine rings is 1. The zero-order valence-corrected chi connectivity index (χ0v) is 16.9. The highest BCUT2D eigenvalue weighted by atomic mass is 16.1. The molecule has 1 unspecified atom stereocenters. The van der Waals surface area contributed by atoms with Crippen molar-refractivity contribution in [2.75, 3.05) is 31.1 Å². The van der Waals surface area contributed by atoms with Crippen molar-refractivity contribution < 1.29 is 0 Å². The second-order valence-electron chi connectivity index (χ2n) is 8.04. The minimum absolute atomic E-state index is 0.109. The lowest BCUT2D eigenvalue weighted by Crippen LogP contribution is -2.48. The molecule has 28 heavy (non-hydrogen) atoms. The van der Waals surface area contributed by atoms with Crippen LogP contribution < -0.4 is 10.5 Å². The largest absolute Gasteiger partial charge is 0.355 e.